The topological polar surface area (TPSA) is 52.9 Å². The molecule has 0 atom stereocenters. The molecule has 0 aliphatic heterocycles. The quantitative estimate of drug-likeness (QED) is 0.128. The molecule has 12 aromatic carbocycles. The van der Waals surface area contributed by atoms with Gasteiger partial charge in [-0.25, -0.2) is 19.8 Å². The summed E-state index contributed by atoms with van der Waals surface area (Å²) in [5, 5.41) is 4.47. The molecule has 6 heteroatoms. The van der Waals surface area contributed by atoms with Crippen molar-refractivity contribution in [1.29, 1.82) is 0 Å². The summed E-state index contributed by atoms with van der Waals surface area (Å²) >= 11 is 0. The summed E-state index contributed by atoms with van der Waals surface area (Å²) < 4.78 is 4.72. The fraction of sp³-hybridized carbons (Fsp3) is 0.0952. The van der Waals surface area contributed by atoms with Gasteiger partial charge in [-0.05, 0) is 194 Å². The maximum Gasteiger partial charge on any atom is 0.218 e. The standard InChI is InChI=1S/C84H64N6/c1-50-23-32-65(54(5)41-50)60-28-37-75-71(45-60)72-46-61(66-33-24-51(2)42-55(66)6)29-38-76(72)89(75)79-22-16-21-70(81(79)85-9)69-36-27-64(84-87-82(58-17-12-10-13-18-58)86-83(88-84)59-19-14-11-15-20-59)49-80(69)90-77-39-30-62(67-34-25-52(3)43-56(67)7)47-73(77)74-48-63(31-40-78(74)90)68-35-26-53(4)44-57(68)8/h10-49H,1-8H3. The minimum Gasteiger partial charge on any atom is -0.319 e. The van der Waals surface area contributed by atoms with Gasteiger partial charge in [0.1, 0.15) is 0 Å². The third-order valence-corrected chi connectivity index (χ3v) is 18.2. The zero-order valence-electron chi connectivity index (χ0n) is 51.8. The molecule has 15 rings (SSSR count). The molecule has 0 spiro atoms. The van der Waals surface area contributed by atoms with Crippen molar-refractivity contribution in [2.45, 2.75) is 55.4 Å². The summed E-state index contributed by atoms with van der Waals surface area (Å²) in [5.74, 6) is 1.70. The summed E-state index contributed by atoms with van der Waals surface area (Å²) in [5.41, 5.74) is 29.8. The van der Waals surface area contributed by atoms with Crippen molar-refractivity contribution in [2.75, 3.05) is 0 Å². The van der Waals surface area contributed by atoms with Gasteiger partial charge < -0.3 is 9.13 Å². The zero-order valence-corrected chi connectivity index (χ0v) is 51.8. The number of hydrogen-bond donors (Lipinski definition) is 0. The third-order valence-electron chi connectivity index (χ3n) is 18.2. The molecule has 0 N–H and O–H groups in total. The second-order valence-corrected chi connectivity index (χ2v) is 24.4. The van der Waals surface area contributed by atoms with E-state index in [2.05, 4.69) is 251 Å². The first-order chi connectivity index (χ1) is 43.8. The molecule has 3 heterocycles. The number of aromatic nitrogens is 5. The fourth-order valence-corrected chi connectivity index (χ4v) is 13.9. The van der Waals surface area contributed by atoms with Crippen LogP contribution in [0.3, 0.4) is 0 Å². The highest BCUT2D eigenvalue weighted by Crippen LogP contribution is 2.47. The summed E-state index contributed by atoms with van der Waals surface area (Å²) in [6.45, 7) is 26.8. The van der Waals surface area contributed by atoms with Crippen molar-refractivity contribution in [3.63, 3.8) is 0 Å². The van der Waals surface area contributed by atoms with Crippen LogP contribution in [0.5, 0.6) is 0 Å². The molecule has 430 valence electrons. The molecule has 0 aliphatic carbocycles. The number of hydrogen-bond acceptors (Lipinski definition) is 3. The average molecular weight is 1160 g/mol. The minimum absolute atomic E-state index is 0.537. The lowest BCUT2D eigenvalue weighted by Crippen LogP contribution is -2.03. The van der Waals surface area contributed by atoms with Crippen LogP contribution in [0.2, 0.25) is 0 Å². The Morgan fingerprint density at radius 1 is 0.267 bits per heavy atom. The lowest BCUT2D eigenvalue weighted by Gasteiger charge is -2.19. The SMILES string of the molecule is [C-]#[N+]c1c(-c2ccc(-c3nc(-c4ccccc4)nc(-c4ccccc4)n3)cc2-n2c3ccc(-c4ccc(C)cc4C)cc3c3cc(-c4ccc(C)cc4C)ccc32)cccc1-n1c2ccc(-c3ccc(C)cc3C)cc2c2cc(-c3ccc(C)cc3C)ccc21. The van der Waals surface area contributed by atoms with Crippen molar-refractivity contribution in [3.05, 3.63) is 299 Å². The number of fused-ring (bicyclic) bond motifs is 6. The van der Waals surface area contributed by atoms with Gasteiger partial charge in [-0.15, -0.1) is 0 Å². The fourth-order valence-electron chi connectivity index (χ4n) is 13.9. The van der Waals surface area contributed by atoms with Gasteiger partial charge in [0.05, 0.1) is 40.0 Å². The van der Waals surface area contributed by atoms with Gasteiger partial charge in [0.15, 0.2) is 17.5 Å². The lowest BCUT2D eigenvalue weighted by molar-refractivity contribution is 1.07. The smallest absolute Gasteiger partial charge is 0.218 e. The van der Waals surface area contributed by atoms with E-state index in [1.165, 1.54) is 66.8 Å². The Kier molecular flexibility index (Phi) is 13.6. The van der Waals surface area contributed by atoms with Crippen molar-refractivity contribution in [1.82, 2.24) is 24.1 Å². The van der Waals surface area contributed by atoms with Gasteiger partial charge in [-0.1, -0.05) is 204 Å². The van der Waals surface area contributed by atoms with Crippen LogP contribution >= 0.6 is 0 Å². The predicted molar refractivity (Wildman–Crippen MR) is 376 cm³/mol. The van der Waals surface area contributed by atoms with Gasteiger partial charge in [0.25, 0.3) is 0 Å². The van der Waals surface area contributed by atoms with E-state index in [1.54, 1.807) is 0 Å². The molecule has 0 unspecified atom stereocenters. The van der Waals surface area contributed by atoms with Gasteiger partial charge in [-0.3, -0.25) is 0 Å². The highest BCUT2D eigenvalue weighted by atomic mass is 15.0. The van der Waals surface area contributed by atoms with E-state index in [1.807, 2.05) is 60.7 Å². The summed E-state index contributed by atoms with van der Waals surface area (Å²) in [6.07, 6.45) is 0. The molecule has 3 aromatic heterocycles. The zero-order chi connectivity index (χ0) is 61.5. The Balaban J connectivity index is 1.01. The first-order valence-electron chi connectivity index (χ1n) is 30.8. The highest BCUT2D eigenvalue weighted by Gasteiger charge is 2.25. The number of para-hydroxylation sites is 1. The lowest BCUT2D eigenvalue weighted by atomic mass is 9.95. The molecular weight excluding hydrogens is 1090 g/mol. The molecule has 0 radical (unpaired) electrons. The second-order valence-electron chi connectivity index (χ2n) is 24.4. The average Bonchev–Trinajstić information content (AvgIpc) is 1.57. The Labute approximate surface area is 525 Å². The van der Waals surface area contributed by atoms with E-state index < -0.39 is 0 Å². The third kappa shape index (κ3) is 9.64. The summed E-state index contributed by atoms with van der Waals surface area (Å²) in [7, 11) is 0. The highest BCUT2D eigenvalue weighted by molar-refractivity contribution is 6.14. The van der Waals surface area contributed by atoms with Crippen LogP contribution in [0.1, 0.15) is 44.5 Å². The van der Waals surface area contributed by atoms with Gasteiger partial charge in [0, 0.05) is 38.2 Å². The first-order valence-corrected chi connectivity index (χ1v) is 30.8. The van der Waals surface area contributed by atoms with Gasteiger partial charge in [0.2, 0.25) is 5.69 Å². The van der Waals surface area contributed by atoms with Crippen LogP contribution in [0, 0.1) is 62.0 Å². The van der Waals surface area contributed by atoms with Crippen LogP contribution in [0.15, 0.2) is 243 Å². The number of aryl methyl sites for hydroxylation is 8. The Morgan fingerprint density at radius 2 is 0.600 bits per heavy atom. The van der Waals surface area contributed by atoms with Crippen LogP contribution < -0.4 is 0 Å². The molecule has 6 nitrogen and oxygen atoms in total. The van der Waals surface area contributed by atoms with E-state index >= 15 is 0 Å². The van der Waals surface area contributed by atoms with E-state index in [9.17, 15) is 6.57 Å². The summed E-state index contributed by atoms with van der Waals surface area (Å²) in [6, 6.07) is 87.5. The summed E-state index contributed by atoms with van der Waals surface area (Å²) in [4.78, 5) is 20.3. The number of nitrogens with zero attached hydrogens (tertiary/aromatic N) is 6. The number of rotatable bonds is 10. The molecular formula is C84H64N6. The largest absolute Gasteiger partial charge is 0.319 e. The van der Waals surface area contributed by atoms with Crippen molar-refractivity contribution in [2.24, 2.45) is 0 Å². The minimum atomic E-state index is 0.537. The second kappa shape index (κ2) is 22.2. The molecule has 15 aromatic rings. The molecule has 0 saturated heterocycles. The normalized spacial score (nSPS) is 11.5. The molecule has 0 bridgehead atoms. The Hall–Kier alpha value is -11.3. The van der Waals surface area contributed by atoms with Crippen molar-refractivity contribution >= 4 is 49.3 Å². The van der Waals surface area contributed by atoms with E-state index in [0.717, 1.165) is 105 Å². The van der Waals surface area contributed by atoms with E-state index in [-0.39, 0.29) is 0 Å². The number of benzene rings is 12. The van der Waals surface area contributed by atoms with E-state index in [0.29, 0.717) is 23.2 Å². The Bertz CT molecular complexity index is 5190. The van der Waals surface area contributed by atoms with Crippen molar-refractivity contribution < 1.29 is 0 Å². The molecule has 0 amide bonds. The molecule has 90 heavy (non-hydrogen) atoms. The van der Waals surface area contributed by atoms with Crippen LogP contribution in [0.4, 0.5) is 5.69 Å². The van der Waals surface area contributed by atoms with Crippen molar-refractivity contribution in [3.8, 4) is 101 Å². The Morgan fingerprint density at radius 3 is 0.956 bits per heavy atom. The monoisotopic (exact) mass is 1160 g/mol. The molecule has 0 fully saturated rings. The molecule has 0 saturated carbocycles. The van der Waals surface area contributed by atoms with Gasteiger partial charge >= 0.3 is 0 Å². The van der Waals surface area contributed by atoms with Crippen LogP contribution in [-0.4, -0.2) is 24.1 Å². The first kappa shape index (κ1) is 55.3. The molecule has 0 aliphatic rings. The maximum absolute atomic E-state index is 9.41. The van der Waals surface area contributed by atoms with Crippen LogP contribution in [-0.2, 0) is 0 Å². The van der Waals surface area contributed by atoms with Crippen LogP contribution in [0.25, 0.3) is 150 Å². The van der Waals surface area contributed by atoms with E-state index in [4.69, 9.17) is 15.0 Å². The maximum atomic E-state index is 9.41. The predicted octanol–water partition coefficient (Wildman–Crippen LogP) is 22.4. The van der Waals surface area contributed by atoms with Gasteiger partial charge in [-0.2, -0.15) is 0 Å².